The second-order valence-electron chi connectivity index (χ2n) is 23.7. The van der Waals surface area contributed by atoms with Crippen molar-refractivity contribution < 1.29 is 28.6 Å². The van der Waals surface area contributed by atoms with Crippen molar-refractivity contribution in [2.75, 3.05) is 13.2 Å². The fraction of sp³-hybridized carbons (Fsp3) is 0.955. The van der Waals surface area contributed by atoms with Crippen molar-refractivity contribution in [2.24, 2.45) is 11.8 Å². The molecule has 428 valence electrons. The van der Waals surface area contributed by atoms with Crippen LogP contribution in [0.15, 0.2) is 0 Å². The molecule has 0 rings (SSSR count). The number of unbranched alkanes of at least 4 members (excludes halogenated alkanes) is 45. The highest BCUT2D eigenvalue weighted by Crippen LogP contribution is 2.19. The molecular weight excluding hydrogens is 889 g/mol. The molecule has 0 aromatic heterocycles. The fourth-order valence-corrected chi connectivity index (χ4v) is 10.3. The highest BCUT2D eigenvalue weighted by Gasteiger charge is 2.19. The lowest BCUT2D eigenvalue weighted by molar-refractivity contribution is -0.167. The Labute approximate surface area is 450 Å². The molecule has 0 bridgehead atoms. The van der Waals surface area contributed by atoms with Crippen molar-refractivity contribution in [2.45, 2.75) is 381 Å². The fourth-order valence-electron chi connectivity index (χ4n) is 10.3. The SMILES string of the molecule is CCCCCCCCCCCCCCCCC(=O)OC[C@@H](COC(=O)CCCCCCCCCCCCCCCCCCC(C)C)OC(=O)CCCCCCCCCCCCCCCCCCCCC(C)C. The Hall–Kier alpha value is -1.59. The van der Waals surface area contributed by atoms with Gasteiger partial charge >= 0.3 is 17.9 Å². The average molecular weight is 1020 g/mol. The van der Waals surface area contributed by atoms with Gasteiger partial charge < -0.3 is 14.2 Å². The molecule has 6 heteroatoms. The van der Waals surface area contributed by atoms with Gasteiger partial charge in [0.15, 0.2) is 6.10 Å². The summed E-state index contributed by atoms with van der Waals surface area (Å²) in [4.78, 5) is 38.3. The summed E-state index contributed by atoms with van der Waals surface area (Å²) >= 11 is 0. The molecule has 0 aliphatic rings. The summed E-state index contributed by atoms with van der Waals surface area (Å²) in [6.45, 7) is 11.5. The van der Waals surface area contributed by atoms with Crippen molar-refractivity contribution in [3.05, 3.63) is 0 Å². The lowest BCUT2D eigenvalue weighted by atomic mass is 10.0. The van der Waals surface area contributed by atoms with Gasteiger partial charge in [-0.2, -0.15) is 0 Å². The third-order valence-electron chi connectivity index (χ3n) is 15.2. The molecule has 1 atom stereocenters. The van der Waals surface area contributed by atoms with E-state index >= 15 is 0 Å². The van der Waals surface area contributed by atoms with E-state index in [1.54, 1.807) is 0 Å². The van der Waals surface area contributed by atoms with Crippen LogP contribution in [0.1, 0.15) is 375 Å². The van der Waals surface area contributed by atoms with Crippen LogP contribution in [0, 0.1) is 11.8 Å². The maximum atomic E-state index is 12.9. The Balaban J connectivity index is 4.26. The van der Waals surface area contributed by atoms with Crippen LogP contribution in [0.2, 0.25) is 0 Å². The van der Waals surface area contributed by atoms with Crippen LogP contribution in [-0.2, 0) is 28.6 Å². The van der Waals surface area contributed by atoms with Crippen LogP contribution >= 0.6 is 0 Å². The topological polar surface area (TPSA) is 78.9 Å². The van der Waals surface area contributed by atoms with E-state index in [1.165, 1.54) is 263 Å². The molecule has 0 amide bonds. The predicted octanol–water partition coefficient (Wildman–Crippen LogP) is 22.0. The second-order valence-corrected chi connectivity index (χ2v) is 23.7. The van der Waals surface area contributed by atoms with Gasteiger partial charge in [-0.1, -0.05) is 336 Å². The second kappa shape index (κ2) is 58.7. The van der Waals surface area contributed by atoms with Gasteiger partial charge in [-0.25, -0.2) is 0 Å². The molecule has 0 aromatic carbocycles. The molecule has 0 saturated heterocycles. The summed E-state index contributed by atoms with van der Waals surface area (Å²) in [5, 5.41) is 0. The number of hydrogen-bond donors (Lipinski definition) is 0. The first-order valence-corrected chi connectivity index (χ1v) is 32.7. The normalized spacial score (nSPS) is 12.0. The van der Waals surface area contributed by atoms with Gasteiger partial charge in [0.05, 0.1) is 0 Å². The van der Waals surface area contributed by atoms with Gasteiger partial charge in [-0.05, 0) is 31.1 Å². The van der Waals surface area contributed by atoms with E-state index in [-0.39, 0.29) is 31.1 Å². The highest BCUT2D eigenvalue weighted by atomic mass is 16.6. The van der Waals surface area contributed by atoms with Crippen molar-refractivity contribution in [1.82, 2.24) is 0 Å². The van der Waals surface area contributed by atoms with E-state index in [0.29, 0.717) is 19.3 Å². The van der Waals surface area contributed by atoms with Gasteiger partial charge in [0.1, 0.15) is 13.2 Å². The van der Waals surface area contributed by atoms with E-state index in [4.69, 9.17) is 14.2 Å². The number of rotatable bonds is 60. The van der Waals surface area contributed by atoms with Crippen LogP contribution in [0.5, 0.6) is 0 Å². The van der Waals surface area contributed by atoms with E-state index in [9.17, 15) is 14.4 Å². The maximum Gasteiger partial charge on any atom is 0.306 e. The van der Waals surface area contributed by atoms with Gasteiger partial charge in [-0.15, -0.1) is 0 Å². The number of hydrogen-bond acceptors (Lipinski definition) is 6. The Morgan fingerprint density at radius 2 is 0.458 bits per heavy atom. The Morgan fingerprint density at radius 3 is 0.681 bits per heavy atom. The predicted molar refractivity (Wildman–Crippen MR) is 312 cm³/mol. The zero-order chi connectivity index (χ0) is 52.5. The first kappa shape index (κ1) is 70.4. The van der Waals surface area contributed by atoms with Crippen LogP contribution in [0.4, 0.5) is 0 Å². The third kappa shape index (κ3) is 59.3. The van der Waals surface area contributed by atoms with Gasteiger partial charge in [0, 0.05) is 19.3 Å². The van der Waals surface area contributed by atoms with Gasteiger partial charge in [-0.3, -0.25) is 14.4 Å². The van der Waals surface area contributed by atoms with Crippen LogP contribution < -0.4 is 0 Å². The van der Waals surface area contributed by atoms with Crippen molar-refractivity contribution in [1.29, 1.82) is 0 Å². The molecule has 0 heterocycles. The van der Waals surface area contributed by atoms with Crippen LogP contribution in [0.25, 0.3) is 0 Å². The smallest absolute Gasteiger partial charge is 0.306 e. The van der Waals surface area contributed by atoms with Gasteiger partial charge in [0.2, 0.25) is 0 Å². The highest BCUT2D eigenvalue weighted by molar-refractivity contribution is 5.71. The molecule has 72 heavy (non-hydrogen) atoms. The number of ether oxygens (including phenoxy) is 3. The molecule has 0 radical (unpaired) electrons. The number of esters is 3. The van der Waals surface area contributed by atoms with Gasteiger partial charge in [0.25, 0.3) is 0 Å². The Bertz CT molecular complexity index is 1100. The summed E-state index contributed by atoms with van der Waals surface area (Å²) in [6, 6.07) is 0. The molecule has 0 aromatic rings. The van der Waals surface area contributed by atoms with Crippen molar-refractivity contribution >= 4 is 17.9 Å². The van der Waals surface area contributed by atoms with E-state index in [0.717, 1.165) is 69.6 Å². The summed E-state index contributed by atoms with van der Waals surface area (Å²) in [5.74, 6) is 0.882. The zero-order valence-corrected chi connectivity index (χ0v) is 49.6. The molecule has 6 nitrogen and oxygen atoms in total. The molecule has 0 spiro atoms. The van der Waals surface area contributed by atoms with Crippen molar-refractivity contribution in [3.63, 3.8) is 0 Å². The third-order valence-corrected chi connectivity index (χ3v) is 15.2. The quantitative estimate of drug-likeness (QED) is 0.0343. The van der Waals surface area contributed by atoms with E-state index in [2.05, 4.69) is 34.6 Å². The van der Waals surface area contributed by atoms with Crippen molar-refractivity contribution in [3.8, 4) is 0 Å². The van der Waals surface area contributed by atoms with Crippen LogP contribution in [0.3, 0.4) is 0 Å². The summed E-state index contributed by atoms with van der Waals surface area (Å²) in [6.07, 6.45) is 65.3. The lowest BCUT2D eigenvalue weighted by Gasteiger charge is -2.18. The van der Waals surface area contributed by atoms with E-state index in [1.807, 2.05) is 0 Å². The number of carbonyl (C=O) groups is 3. The lowest BCUT2D eigenvalue weighted by Crippen LogP contribution is -2.30. The Morgan fingerprint density at radius 1 is 0.264 bits per heavy atom. The molecule has 0 aliphatic carbocycles. The molecule has 0 aliphatic heterocycles. The first-order valence-electron chi connectivity index (χ1n) is 32.7. The van der Waals surface area contributed by atoms with E-state index < -0.39 is 6.10 Å². The largest absolute Gasteiger partial charge is 0.462 e. The molecule has 0 saturated carbocycles. The minimum absolute atomic E-state index is 0.0616. The minimum Gasteiger partial charge on any atom is -0.462 e. The average Bonchev–Trinajstić information content (AvgIpc) is 3.36. The summed E-state index contributed by atoms with van der Waals surface area (Å²) in [7, 11) is 0. The standard InChI is InChI=1S/C66H128O6/c1-6-7-8-9-10-11-12-13-26-31-36-41-46-51-56-64(67)70-59-63(60-71-65(68)57-52-47-42-37-32-27-22-19-18-21-25-30-35-40-45-50-55-62(4)5)72-66(69)58-53-48-43-38-33-28-23-17-15-14-16-20-24-29-34-39-44-49-54-61(2)3/h61-63H,6-60H2,1-5H3/t63-/m0/s1. The monoisotopic (exact) mass is 1020 g/mol. The maximum absolute atomic E-state index is 12.9. The minimum atomic E-state index is -0.764. The summed E-state index contributed by atoms with van der Waals surface area (Å²) < 4.78 is 17.0. The summed E-state index contributed by atoms with van der Waals surface area (Å²) in [5.41, 5.74) is 0. The molecule has 0 unspecified atom stereocenters. The zero-order valence-electron chi connectivity index (χ0n) is 49.6. The first-order chi connectivity index (χ1) is 35.2. The molecular formula is C66H128O6. The molecule has 0 N–H and O–H groups in total. The number of carbonyl (C=O) groups excluding carboxylic acids is 3. The molecule has 0 fully saturated rings. The Kier molecular flexibility index (Phi) is 57.4. The van der Waals surface area contributed by atoms with Crippen LogP contribution in [-0.4, -0.2) is 37.2 Å².